The standard InChI is InChI=1S/C26H24F3N5O3S/c1-36-21-10-6-18(7-11-21)31-24(35)16-38-25-33-32-23(34(25)20-8-12-22(37-2)13-9-20)15-30-19-5-3-4-17(14-19)26(27,28)29/h3-14,30H,15-16H2,1-2H3,(H,31,35). The molecule has 0 spiro atoms. The van der Waals surface area contributed by atoms with Crippen molar-refractivity contribution in [2.24, 2.45) is 0 Å². The Morgan fingerprint density at radius 3 is 2.21 bits per heavy atom. The van der Waals surface area contributed by atoms with Gasteiger partial charge in [-0.15, -0.1) is 10.2 Å². The molecule has 12 heteroatoms. The molecule has 38 heavy (non-hydrogen) atoms. The molecule has 8 nitrogen and oxygen atoms in total. The van der Waals surface area contributed by atoms with E-state index < -0.39 is 11.7 Å². The molecule has 0 aliphatic carbocycles. The van der Waals surface area contributed by atoms with Crippen LogP contribution in [0.1, 0.15) is 11.4 Å². The molecule has 2 N–H and O–H groups in total. The number of halogens is 3. The Balaban J connectivity index is 1.51. The van der Waals surface area contributed by atoms with Crippen LogP contribution in [-0.4, -0.2) is 40.6 Å². The molecule has 0 saturated carbocycles. The molecule has 0 atom stereocenters. The number of nitrogens with one attached hydrogen (secondary N) is 2. The third kappa shape index (κ3) is 6.76. The van der Waals surface area contributed by atoms with Crippen LogP contribution in [0.2, 0.25) is 0 Å². The molecule has 0 bridgehead atoms. The number of carbonyl (C=O) groups excluding carboxylic acids is 1. The minimum absolute atomic E-state index is 0.0569. The molecule has 1 amide bonds. The molecule has 4 rings (SSSR count). The smallest absolute Gasteiger partial charge is 0.416 e. The first kappa shape index (κ1) is 26.9. The minimum Gasteiger partial charge on any atom is -0.497 e. The van der Waals surface area contributed by atoms with Crippen LogP contribution in [0.5, 0.6) is 11.5 Å². The number of alkyl halides is 3. The summed E-state index contributed by atoms with van der Waals surface area (Å²) in [6.45, 7) is 0.0962. The highest BCUT2D eigenvalue weighted by atomic mass is 32.2. The van der Waals surface area contributed by atoms with Crippen LogP contribution in [0.4, 0.5) is 24.5 Å². The molecular formula is C26H24F3N5O3S. The lowest BCUT2D eigenvalue weighted by atomic mass is 10.2. The van der Waals surface area contributed by atoms with Crippen molar-refractivity contribution in [1.82, 2.24) is 14.8 Å². The zero-order valence-electron chi connectivity index (χ0n) is 20.5. The molecule has 1 heterocycles. The number of thioether (sulfide) groups is 1. The number of rotatable bonds is 10. The van der Waals surface area contributed by atoms with E-state index in [4.69, 9.17) is 9.47 Å². The van der Waals surface area contributed by atoms with Crippen molar-refractivity contribution in [2.45, 2.75) is 17.9 Å². The Morgan fingerprint density at radius 1 is 0.921 bits per heavy atom. The van der Waals surface area contributed by atoms with E-state index in [0.717, 1.165) is 12.1 Å². The Hall–Kier alpha value is -4.19. The normalized spacial score (nSPS) is 11.2. The summed E-state index contributed by atoms with van der Waals surface area (Å²) in [6.07, 6.45) is -4.45. The van der Waals surface area contributed by atoms with Gasteiger partial charge in [0.05, 0.1) is 32.1 Å². The summed E-state index contributed by atoms with van der Waals surface area (Å²) in [5.41, 5.74) is 0.865. The quantitative estimate of drug-likeness (QED) is 0.250. The van der Waals surface area contributed by atoms with Gasteiger partial charge in [0.25, 0.3) is 0 Å². The summed E-state index contributed by atoms with van der Waals surface area (Å²) in [4.78, 5) is 12.6. The van der Waals surface area contributed by atoms with Gasteiger partial charge in [0.1, 0.15) is 11.5 Å². The highest BCUT2D eigenvalue weighted by molar-refractivity contribution is 7.99. The van der Waals surface area contributed by atoms with Gasteiger partial charge in [-0.3, -0.25) is 9.36 Å². The van der Waals surface area contributed by atoms with E-state index in [1.165, 1.54) is 17.8 Å². The van der Waals surface area contributed by atoms with Crippen LogP contribution in [0.15, 0.2) is 78.0 Å². The Kier molecular flexibility index (Phi) is 8.41. The monoisotopic (exact) mass is 543 g/mol. The SMILES string of the molecule is COc1ccc(NC(=O)CSc2nnc(CNc3cccc(C(F)(F)F)c3)n2-c2ccc(OC)cc2)cc1. The number of anilines is 2. The second-order valence-electron chi connectivity index (χ2n) is 7.93. The highest BCUT2D eigenvalue weighted by Crippen LogP contribution is 2.31. The summed E-state index contributed by atoms with van der Waals surface area (Å²) in [6, 6.07) is 19.0. The van der Waals surface area contributed by atoms with Crippen LogP contribution in [-0.2, 0) is 17.5 Å². The minimum atomic E-state index is -4.45. The van der Waals surface area contributed by atoms with Gasteiger partial charge in [-0.1, -0.05) is 17.8 Å². The number of amides is 1. The van der Waals surface area contributed by atoms with Crippen LogP contribution in [0.25, 0.3) is 5.69 Å². The number of carbonyl (C=O) groups is 1. The van der Waals surface area contributed by atoms with Crippen LogP contribution >= 0.6 is 11.8 Å². The molecule has 198 valence electrons. The first-order valence-electron chi connectivity index (χ1n) is 11.3. The highest BCUT2D eigenvalue weighted by Gasteiger charge is 2.30. The maximum absolute atomic E-state index is 13.1. The Bertz CT molecular complexity index is 1380. The van der Waals surface area contributed by atoms with Crippen molar-refractivity contribution in [3.05, 3.63) is 84.2 Å². The third-order valence-electron chi connectivity index (χ3n) is 5.38. The molecule has 0 saturated heterocycles. The fourth-order valence-corrected chi connectivity index (χ4v) is 4.26. The van der Waals surface area contributed by atoms with E-state index in [1.54, 1.807) is 73.4 Å². The lowest BCUT2D eigenvalue weighted by Gasteiger charge is -2.13. The van der Waals surface area contributed by atoms with Gasteiger partial charge in [-0.25, -0.2) is 0 Å². The fraction of sp³-hybridized carbons (Fsp3) is 0.192. The molecule has 0 fully saturated rings. The van der Waals surface area contributed by atoms with Crippen molar-refractivity contribution in [3.63, 3.8) is 0 Å². The number of hydrogen-bond donors (Lipinski definition) is 2. The predicted molar refractivity (Wildman–Crippen MR) is 139 cm³/mol. The maximum atomic E-state index is 13.1. The summed E-state index contributed by atoms with van der Waals surface area (Å²) in [5, 5.41) is 14.7. The molecule has 4 aromatic rings. The zero-order valence-corrected chi connectivity index (χ0v) is 21.3. The maximum Gasteiger partial charge on any atom is 0.416 e. The second-order valence-corrected chi connectivity index (χ2v) is 8.87. The third-order valence-corrected chi connectivity index (χ3v) is 6.31. The number of hydrogen-bond acceptors (Lipinski definition) is 7. The fourth-order valence-electron chi connectivity index (χ4n) is 3.49. The Morgan fingerprint density at radius 2 is 1.58 bits per heavy atom. The van der Waals surface area contributed by atoms with E-state index in [1.807, 2.05) is 0 Å². The molecule has 1 aromatic heterocycles. The van der Waals surface area contributed by atoms with Crippen LogP contribution in [0, 0.1) is 0 Å². The van der Waals surface area contributed by atoms with Crippen molar-refractivity contribution in [3.8, 4) is 17.2 Å². The van der Waals surface area contributed by atoms with E-state index >= 15 is 0 Å². The average molecular weight is 544 g/mol. The summed E-state index contributed by atoms with van der Waals surface area (Å²) in [7, 11) is 3.12. The lowest BCUT2D eigenvalue weighted by molar-refractivity contribution is -0.137. The molecule has 0 aliphatic rings. The number of nitrogens with zero attached hydrogens (tertiary/aromatic N) is 3. The first-order valence-corrected chi connectivity index (χ1v) is 12.3. The lowest BCUT2D eigenvalue weighted by Crippen LogP contribution is -2.15. The van der Waals surface area contributed by atoms with Crippen molar-refractivity contribution < 1.29 is 27.4 Å². The van der Waals surface area contributed by atoms with Gasteiger partial charge in [-0.2, -0.15) is 13.2 Å². The molecule has 0 unspecified atom stereocenters. The molecule has 3 aromatic carbocycles. The average Bonchev–Trinajstić information content (AvgIpc) is 3.33. The summed E-state index contributed by atoms with van der Waals surface area (Å²) >= 11 is 1.18. The van der Waals surface area contributed by atoms with Gasteiger partial charge in [0, 0.05) is 17.1 Å². The topological polar surface area (TPSA) is 90.3 Å². The van der Waals surface area contributed by atoms with Gasteiger partial charge < -0.3 is 20.1 Å². The van der Waals surface area contributed by atoms with Gasteiger partial charge >= 0.3 is 6.18 Å². The van der Waals surface area contributed by atoms with Crippen molar-refractivity contribution in [1.29, 1.82) is 0 Å². The predicted octanol–water partition coefficient (Wildman–Crippen LogP) is 5.65. The number of ether oxygens (including phenoxy) is 2. The molecular weight excluding hydrogens is 519 g/mol. The van der Waals surface area contributed by atoms with E-state index in [0.29, 0.717) is 33.9 Å². The summed E-state index contributed by atoms with van der Waals surface area (Å²) < 4.78 is 51.4. The zero-order chi connectivity index (χ0) is 27.1. The van der Waals surface area contributed by atoms with Gasteiger partial charge in [0.15, 0.2) is 11.0 Å². The van der Waals surface area contributed by atoms with Crippen molar-refractivity contribution in [2.75, 3.05) is 30.6 Å². The first-order chi connectivity index (χ1) is 18.3. The number of benzene rings is 3. The van der Waals surface area contributed by atoms with Crippen LogP contribution in [0.3, 0.4) is 0 Å². The number of aromatic nitrogens is 3. The number of methoxy groups -OCH3 is 2. The van der Waals surface area contributed by atoms with Crippen LogP contribution < -0.4 is 20.1 Å². The largest absolute Gasteiger partial charge is 0.497 e. The second kappa shape index (κ2) is 11.9. The molecule has 0 radical (unpaired) electrons. The molecule has 0 aliphatic heterocycles. The van der Waals surface area contributed by atoms with Crippen molar-refractivity contribution >= 4 is 29.0 Å². The Labute approximate surface area is 221 Å². The summed E-state index contributed by atoms with van der Waals surface area (Å²) in [5.74, 6) is 1.59. The van der Waals surface area contributed by atoms with Gasteiger partial charge in [0.2, 0.25) is 5.91 Å². The van der Waals surface area contributed by atoms with E-state index in [9.17, 15) is 18.0 Å². The van der Waals surface area contributed by atoms with E-state index in [2.05, 4.69) is 20.8 Å². The van der Waals surface area contributed by atoms with E-state index in [-0.39, 0.29) is 23.9 Å². The van der Waals surface area contributed by atoms with Gasteiger partial charge in [-0.05, 0) is 66.7 Å².